The highest BCUT2D eigenvalue weighted by atomic mass is 16.6. The predicted octanol–water partition coefficient (Wildman–Crippen LogP) is 3.00. The van der Waals surface area contributed by atoms with Crippen molar-refractivity contribution in [2.45, 2.75) is 6.92 Å². The van der Waals surface area contributed by atoms with E-state index in [1.165, 1.54) is 0 Å². The zero-order valence-electron chi connectivity index (χ0n) is 13.4. The number of esters is 1. The molecule has 0 saturated carbocycles. The van der Waals surface area contributed by atoms with Gasteiger partial charge in [0.05, 0.1) is 0 Å². The molecule has 0 aliphatic carbocycles. The Morgan fingerprint density at radius 2 is 1.58 bits per heavy atom. The minimum absolute atomic E-state index is 0.157. The maximum atomic E-state index is 11.7. The number of amides is 1. The molecule has 0 atom stereocenters. The first-order chi connectivity index (χ1) is 11.7. The van der Waals surface area contributed by atoms with Gasteiger partial charge in [-0.05, 0) is 43.3 Å². The molecule has 2 rings (SSSR count). The summed E-state index contributed by atoms with van der Waals surface area (Å²) in [5, 5.41) is 2.63. The maximum Gasteiger partial charge on any atom is 0.332 e. The smallest absolute Gasteiger partial charge is 0.332 e. The van der Waals surface area contributed by atoms with Crippen LogP contribution in [0.2, 0.25) is 0 Å². The molecule has 0 spiro atoms. The number of rotatable bonds is 8. The molecule has 0 aromatic heterocycles. The van der Waals surface area contributed by atoms with Gasteiger partial charge in [0, 0.05) is 12.3 Å². The lowest BCUT2D eigenvalue weighted by molar-refractivity contribution is -0.151. The Balaban J connectivity index is 1.78. The van der Waals surface area contributed by atoms with Gasteiger partial charge in [-0.1, -0.05) is 18.2 Å². The van der Waals surface area contributed by atoms with E-state index in [1.807, 2.05) is 30.3 Å². The highest BCUT2D eigenvalue weighted by molar-refractivity contribution is 5.92. The summed E-state index contributed by atoms with van der Waals surface area (Å²) in [6, 6.07) is 16.3. The average molecular weight is 329 g/mol. The summed E-state index contributed by atoms with van der Waals surface area (Å²) in [7, 11) is 0. The topological polar surface area (TPSA) is 73.9 Å². The van der Waals surface area contributed by atoms with Crippen LogP contribution in [-0.2, 0) is 19.1 Å². The van der Waals surface area contributed by atoms with Crippen molar-refractivity contribution >= 4 is 17.6 Å². The molecule has 0 radical (unpaired) electrons. The van der Waals surface area contributed by atoms with Gasteiger partial charge in [-0.15, -0.1) is 0 Å². The van der Waals surface area contributed by atoms with Crippen molar-refractivity contribution in [3.63, 3.8) is 0 Å². The van der Waals surface area contributed by atoms with Crippen LogP contribution < -0.4 is 10.1 Å². The molecule has 0 aliphatic rings. The van der Waals surface area contributed by atoms with Crippen LogP contribution in [0.3, 0.4) is 0 Å². The van der Waals surface area contributed by atoms with Crippen LogP contribution in [-0.4, -0.2) is 31.7 Å². The van der Waals surface area contributed by atoms with E-state index in [4.69, 9.17) is 14.2 Å². The van der Waals surface area contributed by atoms with Crippen molar-refractivity contribution in [3.05, 3.63) is 54.6 Å². The Bertz CT molecular complexity index is 655. The van der Waals surface area contributed by atoms with Crippen LogP contribution in [0.4, 0.5) is 5.69 Å². The maximum absolute atomic E-state index is 11.7. The van der Waals surface area contributed by atoms with E-state index < -0.39 is 11.9 Å². The highest BCUT2D eigenvalue weighted by Gasteiger charge is 2.08. The molecular weight excluding hydrogens is 310 g/mol. The minimum atomic E-state index is -0.571. The number of benzene rings is 2. The number of hydrogen-bond acceptors (Lipinski definition) is 5. The summed E-state index contributed by atoms with van der Waals surface area (Å²) >= 11 is 0. The van der Waals surface area contributed by atoms with Gasteiger partial charge in [0.2, 0.25) is 0 Å². The van der Waals surface area contributed by atoms with E-state index in [0.717, 1.165) is 5.75 Å². The van der Waals surface area contributed by atoms with Gasteiger partial charge in [-0.25, -0.2) is 4.79 Å². The van der Waals surface area contributed by atoms with Gasteiger partial charge in [0.25, 0.3) is 5.91 Å². The average Bonchev–Trinajstić information content (AvgIpc) is 2.61. The molecule has 2 aromatic rings. The van der Waals surface area contributed by atoms with Crippen LogP contribution in [0, 0.1) is 0 Å². The summed E-state index contributed by atoms with van der Waals surface area (Å²) in [4.78, 5) is 22.9. The summed E-state index contributed by atoms with van der Waals surface area (Å²) in [5.41, 5.74) is 0.585. The van der Waals surface area contributed by atoms with E-state index in [1.54, 1.807) is 31.2 Å². The Hall–Kier alpha value is -2.86. The molecule has 126 valence electrons. The summed E-state index contributed by atoms with van der Waals surface area (Å²) in [6.45, 7) is 1.67. The van der Waals surface area contributed by atoms with Gasteiger partial charge in [-0.3, -0.25) is 4.79 Å². The van der Waals surface area contributed by atoms with Gasteiger partial charge in [0.1, 0.15) is 18.1 Å². The Morgan fingerprint density at radius 1 is 0.917 bits per heavy atom. The van der Waals surface area contributed by atoms with Crippen molar-refractivity contribution < 1.29 is 23.8 Å². The third-order valence-electron chi connectivity index (χ3n) is 2.91. The van der Waals surface area contributed by atoms with E-state index in [0.29, 0.717) is 18.0 Å². The molecule has 0 saturated heterocycles. The first kappa shape index (κ1) is 17.5. The van der Waals surface area contributed by atoms with Crippen LogP contribution >= 0.6 is 0 Å². The van der Waals surface area contributed by atoms with E-state index in [-0.39, 0.29) is 13.2 Å². The second kappa shape index (κ2) is 9.32. The molecule has 0 aliphatic heterocycles. The van der Waals surface area contributed by atoms with Crippen molar-refractivity contribution in [2.75, 3.05) is 25.1 Å². The zero-order valence-corrected chi connectivity index (χ0v) is 13.4. The molecule has 6 heteroatoms. The number of nitrogens with one attached hydrogen (secondary N) is 1. The number of carbonyl (C=O) groups is 2. The quantitative estimate of drug-likeness (QED) is 0.754. The molecule has 1 amide bonds. The van der Waals surface area contributed by atoms with E-state index in [2.05, 4.69) is 5.32 Å². The molecule has 2 aromatic carbocycles. The lowest BCUT2D eigenvalue weighted by atomic mass is 10.3. The Labute approximate surface area is 140 Å². The second-order valence-electron chi connectivity index (χ2n) is 4.79. The third-order valence-corrected chi connectivity index (χ3v) is 2.91. The van der Waals surface area contributed by atoms with Crippen molar-refractivity contribution in [1.29, 1.82) is 0 Å². The van der Waals surface area contributed by atoms with Gasteiger partial charge >= 0.3 is 5.97 Å². The van der Waals surface area contributed by atoms with Gasteiger partial charge in [-0.2, -0.15) is 0 Å². The fraction of sp³-hybridized carbons (Fsp3) is 0.222. The number of ether oxygens (including phenoxy) is 3. The molecule has 1 N–H and O–H groups in total. The van der Waals surface area contributed by atoms with Crippen LogP contribution in [0.15, 0.2) is 54.6 Å². The fourth-order valence-electron chi connectivity index (χ4n) is 1.80. The summed E-state index contributed by atoms with van der Waals surface area (Å²) in [6.07, 6.45) is 0. The second-order valence-corrected chi connectivity index (χ2v) is 4.79. The molecular formula is C18H19NO5. The summed E-state index contributed by atoms with van der Waals surface area (Å²) in [5.74, 6) is 0.396. The molecule has 6 nitrogen and oxygen atoms in total. The lowest BCUT2D eigenvalue weighted by Crippen LogP contribution is -2.22. The van der Waals surface area contributed by atoms with Gasteiger partial charge in [0.15, 0.2) is 6.61 Å². The Kier molecular flexibility index (Phi) is 6.79. The SMILES string of the molecule is CCOCC(=O)OCC(=O)Nc1ccc(Oc2ccccc2)cc1. The van der Waals surface area contributed by atoms with Crippen LogP contribution in [0.5, 0.6) is 11.5 Å². The van der Waals surface area contributed by atoms with E-state index >= 15 is 0 Å². The first-order valence-electron chi connectivity index (χ1n) is 7.53. The minimum Gasteiger partial charge on any atom is -0.457 e. The standard InChI is InChI=1S/C18H19NO5/c1-2-22-13-18(21)23-12-17(20)19-14-8-10-16(11-9-14)24-15-6-4-3-5-7-15/h3-11H,2,12-13H2,1H3,(H,19,20). The fourth-order valence-corrected chi connectivity index (χ4v) is 1.80. The van der Waals surface area contributed by atoms with Crippen molar-refractivity contribution in [2.24, 2.45) is 0 Å². The first-order valence-corrected chi connectivity index (χ1v) is 7.53. The number of anilines is 1. The molecule has 0 heterocycles. The number of para-hydroxylation sites is 1. The molecule has 0 bridgehead atoms. The Morgan fingerprint density at radius 3 is 2.25 bits per heavy atom. The van der Waals surface area contributed by atoms with Crippen LogP contribution in [0.25, 0.3) is 0 Å². The monoisotopic (exact) mass is 329 g/mol. The number of carbonyl (C=O) groups excluding carboxylic acids is 2. The normalized spacial score (nSPS) is 10.0. The van der Waals surface area contributed by atoms with Gasteiger partial charge < -0.3 is 19.5 Å². The lowest BCUT2D eigenvalue weighted by Gasteiger charge is -2.08. The molecule has 24 heavy (non-hydrogen) atoms. The highest BCUT2D eigenvalue weighted by Crippen LogP contribution is 2.22. The largest absolute Gasteiger partial charge is 0.457 e. The van der Waals surface area contributed by atoms with Crippen molar-refractivity contribution in [3.8, 4) is 11.5 Å². The third kappa shape index (κ3) is 6.10. The molecule has 0 unspecified atom stereocenters. The van der Waals surface area contributed by atoms with E-state index in [9.17, 15) is 9.59 Å². The predicted molar refractivity (Wildman–Crippen MR) is 89.0 cm³/mol. The van der Waals surface area contributed by atoms with Crippen LogP contribution in [0.1, 0.15) is 6.92 Å². The van der Waals surface area contributed by atoms with Crippen molar-refractivity contribution in [1.82, 2.24) is 0 Å². The molecule has 0 fully saturated rings. The summed E-state index contributed by atoms with van der Waals surface area (Å²) < 4.78 is 15.3. The number of hydrogen-bond donors (Lipinski definition) is 1. The zero-order chi connectivity index (χ0) is 17.2.